The van der Waals surface area contributed by atoms with Crippen LogP contribution in [0.25, 0.3) is 22.8 Å². The molecule has 0 bridgehead atoms. The van der Waals surface area contributed by atoms with Crippen LogP contribution in [0.3, 0.4) is 0 Å². The smallest absolute Gasteiger partial charge is 0.258 e. The molecule has 1 aromatic heterocycles. The summed E-state index contributed by atoms with van der Waals surface area (Å²) >= 11 is 0. The largest absolute Gasteiger partial charge is 0.334 e. The van der Waals surface area contributed by atoms with Crippen molar-refractivity contribution >= 4 is 11.6 Å². The first-order valence-corrected chi connectivity index (χ1v) is 8.15. The Labute approximate surface area is 147 Å². The topological polar surface area (TPSA) is 68.0 Å². The lowest BCUT2D eigenvalue weighted by Crippen LogP contribution is -2.27. The van der Waals surface area contributed by atoms with E-state index in [-0.39, 0.29) is 5.91 Å². The molecule has 0 aliphatic heterocycles. The van der Waals surface area contributed by atoms with Crippen LogP contribution >= 0.6 is 0 Å². The van der Waals surface area contributed by atoms with E-state index in [1.807, 2.05) is 76.2 Å². The molecule has 0 fully saturated rings. The second kappa shape index (κ2) is 6.51. The Kier molecular flexibility index (Phi) is 4.40. The third-order valence-corrected chi connectivity index (χ3v) is 3.77. The van der Waals surface area contributed by atoms with Gasteiger partial charge >= 0.3 is 0 Å². The number of benzene rings is 2. The van der Waals surface area contributed by atoms with Gasteiger partial charge in [-0.1, -0.05) is 49.7 Å². The molecule has 5 nitrogen and oxygen atoms in total. The van der Waals surface area contributed by atoms with Gasteiger partial charge in [-0.05, 0) is 37.3 Å². The van der Waals surface area contributed by atoms with Gasteiger partial charge in [0.2, 0.25) is 11.7 Å². The molecule has 0 aliphatic rings. The SMILES string of the molecule is Cc1cccc(-c2noc(-c3ccc(NC(=O)C(C)(C)C)cc3)n2)c1. The highest BCUT2D eigenvalue weighted by Crippen LogP contribution is 2.24. The molecule has 1 heterocycles. The van der Waals surface area contributed by atoms with Crippen LogP contribution in [0.5, 0.6) is 0 Å². The number of aromatic nitrogens is 2. The number of anilines is 1. The second-order valence-corrected chi connectivity index (χ2v) is 7.07. The monoisotopic (exact) mass is 335 g/mol. The molecular formula is C20H21N3O2. The molecule has 0 saturated heterocycles. The normalized spacial score (nSPS) is 11.4. The number of nitrogens with zero attached hydrogens (tertiary/aromatic N) is 2. The third-order valence-electron chi connectivity index (χ3n) is 3.77. The fourth-order valence-electron chi connectivity index (χ4n) is 2.26. The summed E-state index contributed by atoms with van der Waals surface area (Å²) in [5.41, 5.74) is 3.17. The van der Waals surface area contributed by atoms with E-state index < -0.39 is 5.41 Å². The van der Waals surface area contributed by atoms with Crippen LogP contribution in [-0.4, -0.2) is 16.0 Å². The van der Waals surface area contributed by atoms with Crippen molar-refractivity contribution in [2.45, 2.75) is 27.7 Å². The second-order valence-electron chi connectivity index (χ2n) is 7.07. The molecule has 1 amide bonds. The van der Waals surface area contributed by atoms with Gasteiger partial charge in [0.15, 0.2) is 0 Å². The summed E-state index contributed by atoms with van der Waals surface area (Å²) in [6.07, 6.45) is 0. The van der Waals surface area contributed by atoms with Crippen LogP contribution in [0.2, 0.25) is 0 Å². The van der Waals surface area contributed by atoms with Crippen LogP contribution in [0.4, 0.5) is 5.69 Å². The summed E-state index contributed by atoms with van der Waals surface area (Å²) in [5.74, 6) is 0.980. The quantitative estimate of drug-likeness (QED) is 0.753. The highest BCUT2D eigenvalue weighted by Gasteiger charge is 2.21. The molecule has 3 aromatic rings. The third kappa shape index (κ3) is 3.94. The number of carbonyl (C=O) groups is 1. The van der Waals surface area contributed by atoms with Gasteiger partial charge in [0.05, 0.1) is 0 Å². The van der Waals surface area contributed by atoms with Gasteiger partial charge in [0.25, 0.3) is 5.89 Å². The highest BCUT2D eigenvalue weighted by atomic mass is 16.5. The lowest BCUT2D eigenvalue weighted by Gasteiger charge is -2.17. The van der Waals surface area contributed by atoms with Gasteiger partial charge in [0.1, 0.15) is 0 Å². The zero-order valence-corrected chi connectivity index (χ0v) is 14.8. The Hall–Kier alpha value is -2.95. The summed E-state index contributed by atoms with van der Waals surface area (Å²) in [5, 5.41) is 6.94. The fourth-order valence-corrected chi connectivity index (χ4v) is 2.26. The van der Waals surface area contributed by atoms with Crippen molar-refractivity contribution < 1.29 is 9.32 Å². The first-order valence-electron chi connectivity index (χ1n) is 8.15. The van der Waals surface area contributed by atoms with Crippen molar-refractivity contribution in [2.75, 3.05) is 5.32 Å². The number of rotatable bonds is 3. The van der Waals surface area contributed by atoms with Gasteiger partial charge < -0.3 is 9.84 Å². The van der Waals surface area contributed by atoms with Crippen LogP contribution < -0.4 is 5.32 Å². The molecule has 3 rings (SSSR count). The molecule has 25 heavy (non-hydrogen) atoms. The molecule has 0 unspecified atom stereocenters. The Bertz CT molecular complexity index is 890. The number of aryl methyl sites for hydroxylation is 1. The minimum atomic E-state index is -0.437. The van der Waals surface area contributed by atoms with E-state index in [4.69, 9.17) is 4.52 Å². The zero-order valence-electron chi connectivity index (χ0n) is 14.8. The average molecular weight is 335 g/mol. The van der Waals surface area contributed by atoms with Crippen molar-refractivity contribution in [1.29, 1.82) is 0 Å². The van der Waals surface area contributed by atoms with Gasteiger partial charge in [-0.3, -0.25) is 4.79 Å². The molecule has 0 aliphatic carbocycles. The number of amides is 1. The van der Waals surface area contributed by atoms with Crippen LogP contribution in [0, 0.1) is 12.3 Å². The first kappa shape index (κ1) is 16.9. The molecular weight excluding hydrogens is 314 g/mol. The van der Waals surface area contributed by atoms with Gasteiger partial charge in [-0.25, -0.2) is 0 Å². The van der Waals surface area contributed by atoms with Crippen LogP contribution in [-0.2, 0) is 4.79 Å². The minimum Gasteiger partial charge on any atom is -0.334 e. The summed E-state index contributed by atoms with van der Waals surface area (Å²) < 4.78 is 5.37. The van der Waals surface area contributed by atoms with Gasteiger partial charge in [-0.15, -0.1) is 0 Å². The molecule has 0 atom stereocenters. The summed E-state index contributed by atoms with van der Waals surface area (Å²) in [6.45, 7) is 7.65. The maximum Gasteiger partial charge on any atom is 0.258 e. The Balaban J connectivity index is 1.78. The fraction of sp³-hybridized carbons (Fsp3) is 0.250. The van der Waals surface area contributed by atoms with Crippen molar-refractivity contribution in [2.24, 2.45) is 5.41 Å². The summed E-state index contributed by atoms with van der Waals surface area (Å²) in [6, 6.07) is 15.3. The zero-order chi connectivity index (χ0) is 18.0. The van der Waals surface area contributed by atoms with E-state index in [2.05, 4.69) is 15.5 Å². The molecule has 0 radical (unpaired) electrons. The van der Waals surface area contributed by atoms with Gasteiger partial charge in [-0.2, -0.15) is 4.98 Å². The summed E-state index contributed by atoms with van der Waals surface area (Å²) in [4.78, 5) is 16.5. The predicted molar refractivity (Wildman–Crippen MR) is 98.0 cm³/mol. The number of hydrogen-bond acceptors (Lipinski definition) is 4. The minimum absolute atomic E-state index is 0.0280. The van der Waals surface area contributed by atoms with Crippen LogP contribution in [0.15, 0.2) is 53.1 Å². The van der Waals surface area contributed by atoms with E-state index in [9.17, 15) is 4.79 Å². The maximum absolute atomic E-state index is 12.0. The van der Waals surface area contributed by atoms with Gasteiger partial charge in [0, 0.05) is 22.2 Å². The van der Waals surface area contributed by atoms with E-state index in [1.54, 1.807) is 0 Å². The maximum atomic E-state index is 12.0. The van der Waals surface area contributed by atoms with E-state index in [1.165, 1.54) is 0 Å². The number of nitrogens with one attached hydrogen (secondary N) is 1. The average Bonchev–Trinajstić information content (AvgIpc) is 3.05. The lowest BCUT2D eigenvalue weighted by molar-refractivity contribution is -0.123. The molecule has 0 saturated carbocycles. The standard InChI is InChI=1S/C20H21N3O2/c1-13-6-5-7-15(12-13)17-22-18(25-23-17)14-8-10-16(11-9-14)21-19(24)20(2,3)4/h5-12H,1-4H3,(H,21,24). The molecule has 0 spiro atoms. The molecule has 5 heteroatoms. The van der Waals surface area contributed by atoms with Crippen molar-refractivity contribution in [3.63, 3.8) is 0 Å². The molecule has 1 N–H and O–H groups in total. The lowest BCUT2D eigenvalue weighted by atomic mass is 9.95. The molecule has 2 aromatic carbocycles. The Morgan fingerprint density at radius 1 is 1.04 bits per heavy atom. The van der Waals surface area contributed by atoms with Crippen LogP contribution in [0.1, 0.15) is 26.3 Å². The van der Waals surface area contributed by atoms with E-state index in [0.29, 0.717) is 11.7 Å². The number of carbonyl (C=O) groups excluding carboxylic acids is 1. The summed E-state index contributed by atoms with van der Waals surface area (Å²) in [7, 11) is 0. The number of hydrogen-bond donors (Lipinski definition) is 1. The molecule has 128 valence electrons. The highest BCUT2D eigenvalue weighted by molar-refractivity contribution is 5.94. The van der Waals surface area contributed by atoms with E-state index >= 15 is 0 Å². The van der Waals surface area contributed by atoms with E-state index in [0.717, 1.165) is 22.4 Å². The van der Waals surface area contributed by atoms with Crippen molar-refractivity contribution in [1.82, 2.24) is 10.1 Å². The van der Waals surface area contributed by atoms with Crippen molar-refractivity contribution in [3.8, 4) is 22.8 Å². The Morgan fingerprint density at radius 3 is 2.40 bits per heavy atom. The Morgan fingerprint density at radius 2 is 1.76 bits per heavy atom. The first-order chi connectivity index (χ1) is 11.8. The van der Waals surface area contributed by atoms with Crippen molar-refractivity contribution in [3.05, 3.63) is 54.1 Å². The predicted octanol–water partition coefficient (Wildman–Crippen LogP) is 4.70.